The number of alkyl halides is 3. The molecule has 0 atom stereocenters. The van der Waals surface area contributed by atoms with Crippen LogP contribution in [0.25, 0.3) is 0 Å². The van der Waals surface area contributed by atoms with Gasteiger partial charge in [0.15, 0.2) is 0 Å². The Morgan fingerprint density at radius 3 is 2.21 bits per heavy atom. The number of carbonyl (C=O) groups excluding carboxylic acids is 2. The van der Waals surface area contributed by atoms with Crippen LogP contribution in [0.5, 0.6) is 0 Å². The Labute approximate surface area is 109 Å². The molecule has 5 nitrogen and oxygen atoms in total. The van der Waals surface area contributed by atoms with E-state index in [1.165, 1.54) is 18.7 Å². The molecule has 1 heterocycles. The third-order valence-corrected chi connectivity index (χ3v) is 2.82. The summed E-state index contributed by atoms with van der Waals surface area (Å²) in [4.78, 5) is 25.6. The van der Waals surface area contributed by atoms with Crippen molar-refractivity contribution in [3.05, 3.63) is 0 Å². The number of hydrogen-bond acceptors (Lipinski definition) is 3. The van der Waals surface area contributed by atoms with Crippen molar-refractivity contribution in [1.29, 1.82) is 0 Å². The molecule has 19 heavy (non-hydrogen) atoms. The molecule has 1 saturated heterocycles. The van der Waals surface area contributed by atoms with Crippen molar-refractivity contribution >= 4 is 11.8 Å². The minimum atomic E-state index is -4.51. The third-order valence-electron chi connectivity index (χ3n) is 2.82. The molecule has 0 saturated carbocycles. The first kappa shape index (κ1) is 15.7. The number of amides is 2. The summed E-state index contributed by atoms with van der Waals surface area (Å²) < 4.78 is 37.2. The van der Waals surface area contributed by atoms with Gasteiger partial charge in [-0.25, -0.2) is 0 Å². The molecule has 2 amide bonds. The summed E-state index contributed by atoms with van der Waals surface area (Å²) in [5.41, 5.74) is 0. The zero-order valence-electron chi connectivity index (χ0n) is 11.0. The van der Waals surface area contributed by atoms with Gasteiger partial charge < -0.3 is 15.1 Å². The van der Waals surface area contributed by atoms with Gasteiger partial charge in [0.2, 0.25) is 0 Å². The van der Waals surface area contributed by atoms with Crippen LogP contribution in [0.2, 0.25) is 0 Å². The van der Waals surface area contributed by atoms with Gasteiger partial charge in [-0.3, -0.25) is 9.59 Å². The molecule has 0 bridgehead atoms. The summed E-state index contributed by atoms with van der Waals surface area (Å²) in [6.45, 7) is 3.26. The molecule has 0 aliphatic carbocycles. The van der Waals surface area contributed by atoms with E-state index < -0.39 is 30.6 Å². The van der Waals surface area contributed by atoms with Gasteiger partial charge in [0.25, 0.3) is 0 Å². The Morgan fingerprint density at radius 2 is 1.79 bits per heavy atom. The average Bonchev–Trinajstić information content (AvgIpc) is 2.34. The number of nitrogens with zero attached hydrogens (tertiary/aromatic N) is 2. The second-order valence-electron chi connectivity index (χ2n) is 4.68. The maximum Gasteiger partial charge on any atom is 0.406 e. The first-order valence-electron chi connectivity index (χ1n) is 6.09. The van der Waals surface area contributed by atoms with Gasteiger partial charge in [-0.15, -0.1) is 0 Å². The summed E-state index contributed by atoms with van der Waals surface area (Å²) >= 11 is 0. The van der Waals surface area contributed by atoms with Crippen LogP contribution in [0.15, 0.2) is 0 Å². The molecule has 0 unspecified atom stereocenters. The number of carbonyl (C=O) groups is 2. The minimum absolute atomic E-state index is 0.336. The minimum Gasteiger partial charge on any atom is -0.332 e. The van der Waals surface area contributed by atoms with Crippen LogP contribution in [-0.2, 0) is 9.59 Å². The van der Waals surface area contributed by atoms with Crippen molar-refractivity contribution < 1.29 is 22.8 Å². The lowest BCUT2D eigenvalue weighted by Crippen LogP contribution is -2.54. The van der Waals surface area contributed by atoms with Gasteiger partial charge in [-0.1, -0.05) is 0 Å². The fraction of sp³-hybridized carbons (Fsp3) is 0.818. The zero-order valence-corrected chi connectivity index (χ0v) is 11.0. The quantitative estimate of drug-likeness (QED) is 0.737. The fourth-order valence-corrected chi connectivity index (χ4v) is 1.81. The van der Waals surface area contributed by atoms with Crippen LogP contribution < -0.4 is 5.32 Å². The summed E-state index contributed by atoms with van der Waals surface area (Å²) in [5, 5.41) is 3.00. The molecule has 0 aromatic rings. The molecule has 1 rings (SSSR count). The van der Waals surface area contributed by atoms with E-state index in [0.717, 1.165) is 0 Å². The molecule has 0 radical (unpaired) electrons. The molecule has 1 fully saturated rings. The fourth-order valence-electron chi connectivity index (χ4n) is 1.81. The number of nitrogens with one attached hydrogen (secondary N) is 1. The van der Waals surface area contributed by atoms with Crippen LogP contribution in [-0.4, -0.2) is 66.6 Å². The first-order valence-corrected chi connectivity index (χ1v) is 6.09. The van der Waals surface area contributed by atoms with Crippen LogP contribution >= 0.6 is 0 Å². The van der Waals surface area contributed by atoms with Crippen LogP contribution in [0, 0.1) is 0 Å². The monoisotopic (exact) mass is 281 g/mol. The van der Waals surface area contributed by atoms with Crippen molar-refractivity contribution in [3.8, 4) is 0 Å². The van der Waals surface area contributed by atoms with Crippen molar-refractivity contribution in [2.75, 3.05) is 32.7 Å². The van der Waals surface area contributed by atoms with E-state index in [9.17, 15) is 22.8 Å². The second-order valence-corrected chi connectivity index (χ2v) is 4.68. The Balaban J connectivity index is 2.72. The number of rotatable bonds is 2. The van der Waals surface area contributed by atoms with Gasteiger partial charge >= 0.3 is 18.0 Å². The lowest BCUT2D eigenvalue weighted by atomic mass is 10.2. The Hall–Kier alpha value is -1.31. The normalized spacial score (nSPS) is 16.6. The van der Waals surface area contributed by atoms with E-state index in [-0.39, 0.29) is 0 Å². The van der Waals surface area contributed by atoms with Crippen LogP contribution in [0.1, 0.15) is 13.8 Å². The maximum absolute atomic E-state index is 12.4. The van der Waals surface area contributed by atoms with Crippen molar-refractivity contribution in [3.63, 3.8) is 0 Å². The standard InChI is InChI=1S/C11H18F3N3O2/c1-8(2)17(7-11(12,13)14)10(19)9(18)16-5-3-15-4-6-16/h8,15H,3-7H2,1-2H3. The molecule has 1 aliphatic heterocycles. The summed E-state index contributed by atoms with van der Waals surface area (Å²) in [6.07, 6.45) is -4.51. The van der Waals surface area contributed by atoms with E-state index in [2.05, 4.69) is 5.32 Å². The Morgan fingerprint density at radius 1 is 1.26 bits per heavy atom. The van der Waals surface area contributed by atoms with Crippen LogP contribution in [0.3, 0.4) is 0 Å². The van der Waals surface area contributed by atoms with Crippen LogP contribution in [0.4, 0.5) is 13.2 Å². The number of hydrogen-bond donors (Lipinski definition) is 1. The van der Waals surface area contributed by atoms with E-state index in [4.69, 9.17) is 0 Å². The SMILES string of the molecule is CC(C)N(CC(F)(F)F)C(=O)C(=O)N1CCNCC1. The predicted molar refractivity (Wildman–Crippen MR) is 62.4 cm³/mol. The highest BCUT2D eigenvalue weighted by Gasteiger charge is 2.37. The zero-order chi connectivity index (χ0) is 14.6. The molecular formula is C11H18F3N3O2. The molecule has 0 aromatic heterocycles. The van der Waals surface area contributed by atoms with E-state index in [1.54, 1.807) is 0 Å². The molecular weight excluding hydrogens is 263 g/mol. The molecule has 0 spiro atoms. The molecule has 1 N–H and O–H groups in total. The molecule has 1 aliphatic rings. The Kier molecular flexibility index (Phi) is 5.16. The highest BCUT2D eigenvalue weighted by molar-refractivity contribution is 6.35. The highest BCUT2D eigenvalue weighted by Crippen LogP contribution is 2.18. The summed E-state index contributed by atoms with van der Waals surface area (Å²) in [5.74, 6) is -1.95. The number of halogens is 3. The topological polar surface area (TPSA) is 52.7 Å². The lowest BCUT2D eigenvalue weighted by molar-refractivity contribution is -0.170. The largest absolute Gasteiger partial charge is 0.406 e. The van der Waals surface area contributed by atoms with E-state index >= 15 is 0 Å². The van der Waals surface area contributed by atoms with Gasteiger partial charge in [-0.05, 0) is 13.8 Å². The maximum atomic E-state index is 12.4. The number of piperazine rings is 1. The summed E-state index contributed by atoms with van der Waals surface area (Å²) in [6, 6.07) is -0.680. The molecule has 110 valence electrons. The first-order chi connectivity index (χ1) is 8.72. The van der Waals surface area contributed by atoms with Gasteiger partial charge in [0.1, 0.15) is 6.54 Å². The Bertz CT molecular complexity index is 339. The van der Waals surface area contributed by atoms with Gasteiger partial charge in [-0.2, -0.15) is 13.2 Å². The van der Waals surface area contributed by atoms with Crippen molar-refractivity contribution in [2.24, 2.45) is 0 Å². The van der Waals surface area contributed by atoms with Gasteiger partial charge in [0.05, 0.1) is 0 Å². The third kappa shape index (κ3) is 4.70. The summed E-state index contributed by atoms with van der Waals surface area (Å²) in [7, 11) is 0. The average molecular weight is 281 g/mol. The van der Waals surface area contributed by atoms with Crippen molar-refractivity contribution in [2.45, 2.75) is 26.1 Å². The molecule has 8 heteroatoms. The highest BCUT2D eigenvalue weighted by atomic mass is 19.4. The lowest BCUT2D eigenvalue weighted by Gasteiger charge is -2.31. The van der Waals surface area contributed by atoms with E-state index in [1.807, 2.05) is 0 Å². The van der Waals surface area contributed by atoms with Gasteiger partial charge in [0, 0.05) is 32.2 Å². The second kappa shape index (κ2) is 6.23. The van der Waals surface area contributed by atoms with Crippen molar-refractivity contribution in [1.82, 2.24) is 15.1 Å². The predicted octanol–water partition coefficient (Wildman–Crippen LogP) is 0.218. The smallest absolute Gasteiger partial charge is 0.332 e. The van der Waals surface area contributed by atoms with E-state index in [0.29, 0.717) is 31.1 Å². The molecule has 0 aromatic carbocycles.